The zero-order valence-corrected chi connectivity index (χ0v) is 11.9. The van der Waals surface area contributed by atoms with Crippen LogP contribution in [0.25, 0.3) is 11.3 Å². The molecule has 0 aliphatic carbocycles. The molecule has 1 aromatic heterocycles. The average Bonchev–Trinajstić information content (AvgIpc) is 3.01. The van der Waals surface area contributed by atoms with E-state index in [4.69, 9.17) is 23.2 Å². The minimum absolute atomic E-state index is 0.644. The zero-order valence-electron chi connectivity index (χ0n) is 10.4. The number of hydrogen-bond acceptors (Lipinski definition) is 2. The first-order chi connectivity index (χ1) is 9.22. The standard InChI is InChI=1S/C14H15Cl2N3/c15-10-1-2-11(12(16)6-10)13-8-18-14(19-13)5-9-3-4-17-7-9/h1-2,6,8-9,17H,3-5,7H2,(H,18,19). The Morgan fingerprint density at radius 1 is 1.32 bits per heavy atom. The van der Waals surface area contributed by atoms with Gasteiger partial charge < -0.3 is 10.3 Å². The lowest BCUT2D eigenvalue weighted by Crippen LogP contribution is -2.11. The summed E-state index contributed by atoms with van der Waals surface area (Å²) in [4.78, 5) is 7.79. The van der Waals surface area contributed by atoms with Gasteiger partial charge in [-0.3, -0.25) is 0 Å². The van der Waals surface area contributed by atoms with Gasteiger partial charge in [-0.2, -0.15) is 0 Å². The topological polar surface area (TPSA) is 40.7 Å². The molecule has 2 aromatic rings. The van der Waals surface area contributed by atoms with Gasteiger partial charge in [-0.1, -0.05) is 23.2 Å². The third kappa shape index (κ3) is 2.94. The van der Waals surface area contributed by atoms with Crippen LogP contribution in [0.3, 0.4) is 0 Å². The molecule has 1 fully saturated rings. The number of hydrogen-bond donors (Lipinski definition) is 2. The van der Waals surface area contributed by atoms with Crippen LogP contribution in [-0.2, 0) is 6.42 Å². The van der Waals surface area contributed by atoms with Crippen LogP contribution in [0, 0.1) is 5.92 Å². The molecule has 0 amide bonds. The summed E-state index contributed by atoms with van der Waals surface area (Å²) < 4.78 is 0. The molecule has 1 atom stereocenters. The molecule has 100 valence electrons. The van der Waals surface area contributed by atoms with E-state index in [1.165, 1.54) is 6.42 Å². The summed E-state index contributed by atoms with van der Waals surface area (Å²) in [6.07, 6.45) is 4.04. The third-order valence-electron chi connectivity index (χ3n) is 3.49. The van der Waals surface area contributed by atoms with Crippen LogP contribution in [-0.4, -0.2) is 23.1 Å². The first-order valence-corrected chi connectivity index (χ1v) is 7.18. The predicted molar refractivity (Wildman–Crippen MR) is 78.7 cm³/mol. The van der Waals surface area contributed by atoms with Crippen molar-refractivity contribution in [1.82, 2.24) is 15.3 Å². The molecule has 2 heterocycles. The van der Waals surface area contributed by atoms with E-state index in [0.717, 1.165) is 36.6 Å². The molecule has 1 unspecified atom stereocenters. The molecule has 1 aliphatic heterocycles. The molecule has 5 heteroatoms. The molecule has 19 heavy (non-hydrogen) atoms. The summed E-state index contributed by atoms with van der Waals surface area (Å²) in [6, 6.07) is 5.50. The van der Waals surface area contributed by atoms with E-state index in [1.54, 1.807) is 6.07 Å². The van der Waals surface area contributed by atoms with Gasteiger partial charge in [0.15, 0.2) is 0 Å². The van der Waals surface area contributed by atoms with E-state index in [2.05, 4.69) is 15.3 Å². The number of aromatic amines is 1. The Hall–Kier alpha value is -1.03. The van der Waals surface area contributed by atoms with E-state index >= 15 is 0 Å². The lowest BCUT2D eigenvalue weighted by molar-refractivity contribution is 0.565. The van der Waals surface area contributed by atoms with Gasteiger partial charge >= 0.3 is 0 Å². The first kappa shape index (κ1) is 13.0. The molecule has 1 aromatic carbocycles. The largest absolute Gasteiger partial charge is 0.342 e. The van der Waals surface area contributed by atoms with Gasteiger partial charge in [-0.25, -0.2) is 4.98 Å². The molecule has 0 bridgehead atoms. The van der Waals surface area contributed by atoms with Crippen molar-refractivity contribution in [1.29, 1.82) is 0 Å². The number of imidazole rings is 1. The average molecular weight is 296 g/mol. The van der Waals surface area contributed by atoms with Gasteiger partial charge in [0.2, 0.25) is 0 Å². The maximum atomic E-state index is 6.20. The molecule has 0 saturated carbocycles. The van der Waals surface area contributed by atoms with Gasteiger partial charge in [0.1, 0.15) is 5.82 Å². The van der Waals surface area contributed by atoms with Crippen LogP contribution in [0.1, 0.15) is 12.2 Å². The quantitative estimate of drug-likeness (QED) is 0.909. The smallest absolute Gasteiger partial charge is 0.106 e. The first-order valence-electron chi connectivity index (χ1n) is 6.42. The third-order valence-corrected chi connectivity index (χ3v) is 4.04. The van der Waals surface area contributed by atoms with Crippen molar-refractivity contribution in [3.8, 4) is 11.3 Å². The minimum atomic E-state index is 0.644. The molecule has 3 nitrogen and oxygen atoms in total. The highest BCUT2D eigenvalue weighted by atomic mass is 35.5. The Labute approximate surface area is 122 Å². The van der Waals surface area contributed by atoms with Crippen LogP contribution in [0.15, 0.2) is 24.4 Å². The van der Waals surface area contributed by atoms with Crippen LogP contribution >= 0.6 is 23.2 Å². The number of benzene rings is 1. The maximum absolute atomic E-state index is 6.20. The predicted octanol–water partition coefficient (Wildman–Crippen LogP) is 3.54. The van der Waals surface area contributed by atoms with Gasteiger partial charge in [0, 0.05) is 17.0 Å². The number of nitrogens with zero attached hydrogens (tertiary/aromatic N) is 1. The van der Waals surface area contributed by atoms with Crippen LogP contribution in [0.2, 0.25) is 10.0 Å². The van der Waals surface area contributed by atoms with Crippen LogP contribution in [0.5, 0.6) is 0 Å². The Balaban J connectivity index is 1.80. The van der Waals surface area contributed by atoms with Gasteiger partial charge in [-0.15, -0.1) is 0 Å². The summed E-state index contributed by atoms with van der Waals surface area (Å²) >= 11 is 12.1. The number of aromatic nitrogens is 2. The van der Waals surface area contributed by atoms with Crippen LogP contribution < -0.4 is 5.32 Å². The fourth-order valence-electron chi connectivity index (χ4n) is 2.47. The van der Waals surface area contributed by atoms with Crippen molar-refractivity contribution < 1.29 is 0 Å². The second kappa shape index (κ2) is 5.53. The molecule has 3 rings (SSSR count). The molecule has 0 spiro atoms. The van der Waals surface area contributed by atoms with Gasteiger partial charge in [0.05, 0.1) is 16.9 Å². The maximum Gasteiger partial charge on any atom is 0.106 e. The molecule has 2 N–H and O–H groups in total. The van der Waals surface area contributed by atoms with Gasteiger partial charge in [0.25, 0.3) is 0 Å². The molecular formula is C14H15Cl2N3. The highest BCUT2D eigenvalue weighted by Gasteiger charge is 2.17. The number of rotatable bonds is 3. The zero-order chi connectivity index (χ0) is 13.2. The second-order valence-electron chi connectivity index (χ2n) is 4.93. The van der Waals surface area contributed by atoms with E-state index in [-0.39, 0.29) is 0 Å². The highest BCUT2D eigenvalue weighted by molar-refractivity contribution is 6.36. The fourth-order valence-corrected chi connectivity index (χ4v) is 2.98. The Kier molecular flexibility index (Phi) is 3.78. The molecular weight excluding hydrogens is 281 g/mol. The van der Waals surface area contributed by atoms with Crippen molar-refractivity contribution in [2.45, 2.75) is 12.8 Å². The Bertz CT molecular complexity index is 574. The van der Waals surface area contributed by atoms with Crippen molar-refractivity contribution in [3.05, 3.63) is 40.3 Å². The number of nitrogens with one attached hydrogen (secondary N) is 2. The lowest BCUT2D eigenvalue weighted by Gasteiger charge is -2.05. The number of H-pyrrole nitrogens is 1. The SMILES string of the molecule is Clc1ccc(-c2cnc(CC3CCNC3)[nH]2)c(Cl)c1. The van der Waals surface area contributed by atoms with E-state index in [1.807, 2.05) is 18.3 Å². The number of halogens is 2. The summed E-state index contributed by atoms with van der Waals surface area (Å²) in [7, 11) is 0. The second-order valence-corrected chi connectivity index (χ2v) is 5.77. The minimum Gasteiger partial charge on any atom is -0.342 e. The lowest BCUT2D eigenvalue weighted by atomic mass is 10.1. The van der Waals surface area contributed by atoms with E-state index < -0.39 is 0 Å². The summed E-state index contributed by atoms with van der Waals surface area (Å²) in [5.41, 5.74) is 1.89. The molecule has 0 radical (unpaired) electrons. The molecule has 1 saturated heterocycles. The normalized spacial score (nSPS) is 18.9. The van der Waals surface area contributed by atoms with E-state index in [0.29, 0.717) is 16.0 Å². The Morgan fingerprint density at radius 3 is 2.95 bits per heavy atom. The van der Waals surface area contributed by atoms with Crippen LogP contribution in [0.4, 0.5) is 0 Å². The highest BCUT2D eigenvalue weighted by Crippen LogP contribution is 2.29. The summed E-state index contributed by atoms with van der Waals surface area (Å²) in [5, 5.41) is 4.66. The molecule has 1 aliphatic rings. The monoisotopic (exact) mass is 295 g/mol. The van der Waals surface area contributed by atoms with Crippen molar-refractivity contribution >= 4 is 23.2 Å². The van der Waals surface area contributed by atoms with Crippen molar-refractivity contribution in [2.24, 2.45) is 5.92 Å². The Morgan fingerprint density at radius 2 is 2.21 bits per heavy atom. The van der Waals surface area contributed by atoms with Gasteiger partial charge in [-0.05, 0) is 43.6 Å². The summed E-state index contributed by atoms with van der Waals surface area (Å²) in [6.45, 7) is 2.19. The van der Waals surface area contributed by atoms with Crippen molar-refractivity contribution in [3.63, 3.8) is 0 Å². The fraction of sp³-hybridized carbons (Fsp3) is 0.357. The van der Waals surface area contributed by atoms with E-state index in [9.17, 15) is 0 Å². The summed E-state index contributed by atoms with van der Waals surface area (Å²) in [5.74, 6) is 1.70. The van der Waals surface area contributed by atoms with Crippen molar-refractivity contribution in [2.75, 3.05) is 13.1 Å².